The summed E-state index contributed by atoms with van der Waals surface area (Å²) in [4.78, 5) is 15.3. The number of piperidine rings is 1. The fraction of sp³-hybridized carbons (Fsp3) is 0.261. The molecule has 0 aromatic heterocycles. The Morgan fingerprint density at radius 3 is 2.67 bits per heavy atom. The molecule has 3 aromatic rings. The summed E-state index contributed by atoms with van der Waals surface area (Å²) in [6.07, 6.45) is 1.98. The zero-order valence-electron chi connectivity index (χ0n) is 15.2. The third kappa shape index (κ3) is 4.32. The van der Waals surface area contributed by atoms with Gasteiger partial charge in [0.15, 0.2) is 0 Å². The van der Waals surface area contributed by atoms with E-state index in [9.17, 15) is 4.79 Å². The molecule has 0 saturated carbocycles. The van der Waals surface area contributed by atoms with Gasteiger partial charge >= 0.3 is 0 Å². The first-order valence-electron chi connectivity index (χ1n) is 9.44. The highest BCUT2D eigenvalue weighted by Crippen LogP contribution is 2.25. The van der Waals surface area contributed by atoms with Gasteiger partial charge in [0.25, 0.3) is 0 Å². The number of hydrogen-bond acceptors (Lipinski definition) is 2. The minimum atomic E-state index is 0.0185. The van der Waals surface area contributed by atoms with Gasteiger partial charge in [-0.25, -0.2) is 0 Å². The normalized spacial score (nSPS) is 17.7. The van der Waals surface area contributed by atoms with Crippen molar-refractivity contribution >= 4 is 34.0 Å². The summed E-state index contributed by atoms with van der Waals surface area (Å²) >= 11 is 5.97. The largest absolute Gasteiger partial charge is 0.325 e. The van der Waals surface area contributed by atoms with Crippen LogP contribution in [0.3, 0.4) is 0 Å². The molecule has 27 heavy (non-hydrogen) atoms. The minimum absolute atomic E-state index is 0.0185. The second-order valence-corrected chi connectivity index (χ2v) is 7.65. The highest BCUT2D eigenvalue weighted by Gasteiger charge is 2.26. The summed E-state index contributed by atoms with van der Waals surface area (Å²) in [6.45, 7) is 2.68. The fourth-order valence-corrected chi connectivity index (χ4v) is 3.96. The summed E-state index contributed by atoms with van der Waals surface area (Å²) in [7, 11) is 0. The average molecular weight is 379 g/mol. The van der Waals surface area contributed by atoms with Gasteiger partial charge in [0, 0.05) is 29.2 Å². The molecule has 1 amide bonds. The Balaban J connectivity index is 1.43. The van der Waals surface area contributed by atoms with Gasteiger partial charge in [0.05, 0.1) is 5.92 Å². The maximum Gasteiger partial charge on any atom is 0.228 e. The van der Waals surface area contributed by atoms with Crippen molar-refractivity contribution < 1.29 is 4.79 Å². The number of carbonyl (C=O) groups excluding carboxylic acids is 1. The van der Waals surface area contributed by atoms with Crippen LogP contribution in [0.4, 0.5) is 5.69 Å². The van der Waals surface area contributed by atoms with Gasteiger partial charge in [-0.1, -0.05) is 60.1 Å². The van der Waals surface area contributed by atoms with Gasteiger partial charge in [-0.15, -0.1) is 0 Å². The summed E-state index contributed by atoms with van der Waals surface area (Å²) in [5.41, 5.74) is 2.13. The summed E-state index contributed by atoms with van der Waals surface area (Å²) in [5.74, 6) is 0.136. The van der Waals surface area contributed by atoms with Crippen LogP contribution in [0.2, 0.25) is 5.02 Å². The number of rotatable bonds is 4. The van der Waals surface area contributed by atoms with Crippen molar-refractivity contribution in [1.29, 1.82) is 0 Å². The first-order valence-corrected chi connectivity index (χ1v) is 9.82. The number of fused-ring (bicyclic) bond motifs is 1. The first kappa shape index (κ1) is 18.0. The summed E-state index contributed by atoms with van der Waals surface area (Å²) in [5, 5.41) is 6.15. The van der Waals surface area contributed by atoms with E-state index in [-0.39, 0.29) is 11.8 Å². The molecule has 0 radical (unpaired) electrons. The number of halogens is 1. The third-order valence-electron chi connectivity index (χ3n) is 5.24. The van der Waals surface area contributed by atoms with E-state index >= 15 is 0 Å². The second-order valence-electron chi connectivity index (χ2n) is 7.22. The van der Waals surface area contributed by atoms with E-state index in [0.717, 1.165) is 54.0 Å². The van der Waals surface area contributed by atoms with E-state index in [1.165, 1.54) is 5.56 Å². The van der Waals surface area contributed by atoms with Gasteiger partial charge in [-0.05, 0) is 48.5 Å². The molecular formula is C23H23ClN2O. The van der Waals surface area contributed by atoms with Crippen LogP contribution in [-0.4, -0.2) is 23.9 Å². The Morgan fingerprint density at radius 2 is 1.81 bits per heavy atom. The Kier molecular flexibility index (Phi) is 5.42. The number of nitrogens with zero attached hydrogens (tertiary/aromatic N) is 1. The standard InChI is InChI=1S/C23H23ClN2O/c24-20-12-10-17(11-13-20)15-26-14-4-7-19(16-26)23(27)25-22-9-3-6-18-5-1-2-8-21(18)22/h1-3,5-6,8-13,19H,4,7,14-16H2,(H,25,27)/t19-/m0/s1. The van der Waals surface area contributed by atoms with Crippen molar-refractivity contribution in [1.82, 2.24) is 4.90 Å². The molecule has 0 unspecified atom stereocenters. The van der Waals surface area contributed by atoms with Crippen molar-refractivity contribution in [2.45, 2.75) is 19.4 Å². The maximum absolute atomic E-state index is 12.9. The number of amides is 1. The Labute approximate surface area is 164 Å². The number of nitrogens with one attached hydrogen (secondary N) is 1. The van der Waals surface area contributed by atoms with E-state index < -0.39 is 0 Å². The van der Waals surface area contributed by atoms with E-state index in [1.54, 1.807) is 0 Å². The van der Waals surface area contributed by atoms with Gasteiger partial charge in [-0.3, -0.25) is 9.69 Å². The van der Waals surface area contributed by atoms with Crippen LogP contribution >= 0.6 is 11.6 Å². The molecule has 1 fully saturated rings. The molecule has 1 saturated heterocycles. The van der Waals surface area contributed by atoms with E-state index in [0.29, 0.717) is 0 Å². The lowest BCUT2D eigenvalue weighted by atomic mass is 9.96. The molecule has 1 heterocycles. The van der Waals surface area contributed by atoms with Crippen LogP contribution in [0.15, 0.2) is 66.7 Å². The number of likely N-dealkylation sites (tertiary alicyclic amines) is 1. The van der Waals surface area contributed by atoms with Crippen molar-refractivity contribution in [3.63, 3.8) is 0 Å². The molecule has 0 bridgehead atoms. The van der Waals surface area contributed by atoms with Crippen molar-refractivity contribution in [3.05, 3.63) is 77.3 Å². The van der Waals surface area contributed by atoms with E-state index in [4.69, 9.17) is 11.6 Å². The molecule has 1 aliphatic rings. The number of hydrogen-bond donors (Lipinski definition) is 1. The van der Waals surface area contributed by atoms with Crippen LogP contribution in [0.25, 0.3) is 10.8 Å². The zero-order chi connectivity index (χ0) is 18.6. The SMILES string of the molecule is O=C(Nc1cccc2ccccc12)[C@H]1CCCN(Cc2ccc(Cl)cc2)C1. The Morgan fingerprint density at radius 1 is 1.04 bits per heavy atom. The Bertz CT molecular complexity index is 933. The van der Waals surface area contributed by atoms with Crippen LogP contribution in [-0.2, 0) is 11.3 Å². The quantitative estimate of drug-likeness (QED) is 0.664. The lowest BCUT2D eigenvalue weighted by Gasteiger charge is -2.32. The predicted octanol–water partition coefficient (Wildman–Crippen LogP) is 5.34. The highest BCUT2D eigenvalue weighted by molar-refractivity contribution is 6.30. The van der Waals surface area contributed by atoms with Gasteiger partial charge in [0.2, 0.25) is 5.91 Å². The van der Waals surface area contributed by atoms with Crippen LogP contribution in [0, 0.1) is 5.92 Å². The molecule has 0 spiro atoms. The molecule has 1 atom stereocenters. The molecule has 3 aromatic carbocycles. The number of anilines is 1. The maximum atomic E-state index is 12.9. The van der Waals surface area contributed by atoms with E-state index in [2.05, 4.69) is 40.5 Å². The molecule has 3 nitrogen and oxygen atoms in total. The predicted molar refractivity (Wildman–Crippen MR) is 112 cm³/mol. The monoisotopic (exact) mass is 378 g/mol. The summed E-state index contributed by atoms with van der Waals surface area (Å²) in [6, 6.07) is 22.1. The molecule has 4 rings (SSSR count). The van der Waals surface area contributed by atoms with Crippen molar-refractivity contribution in [2.75, 3.05) is 18.4 Å². The zero-order valence-corrected chi connectivity index (χ0v) is 16.0. The van der Waals surface area contributed by atoms with Crippen LogP contribution in [0.1, 0.15) is 18.4 Å². The minimum Gasteiger partial charge on any atom is -0.325 e. The molecule has 138 valence electrons. The lowest BCUT2D eigenvalue weighted by molar-refractivity contribution is -0.121. The smallest absolute Gasteiger partial charge is 0.228 e. The third-order valence-corrected chi connectivity index (χ3v) is 5.50. The molecule has 1 aliphatic heterocycles. The molecule has 4 heteroatoms. The van der Waals surface area contributed by atoms with Gasteiger partial charge in [0.1, 0.15) is 0 Å². The van der Waals surface area contributed by atoms with Gasteiger partial charge < -0.3 is 5.32 Å². The Hall–Kier alpha value is -2.36. The van der Waals surface area contributed by atoms with E-state index in [1.807, 2.05) is 36.4 Å². The van der Waals surface area contributed by atoms with Crippen LogP contribution < -0.4 is 5.32 Å². The summed E-state index contributed by atoms with van der Waals surface area (Å²) < 4.78 is 0. The molecule has 1 N–H and O–H groups in total. The number of benzene rings is 3. The average Bonchev–Trinajstić information content (AvgIpc) is 2.70. The lowest BCUT2D eigenvalue weighted by Crippen LogP contribution is -2.40. The van der Waals surface area contributed by atoms with Crippen LogP contribution in [0.5, 0.6) is 0 Å². The number of carbonyl (C=O) groups is 1. The second kappa shape index (κ2) is 8.12. The van der Waals surface area contributed by atoms with Crippen molar-refractivity contribution in [2.24, 2.45) is 5.92 Å². The fourth-order valence-electron chi connectivity index (χ4n) is 3.83. The highest BCUT2D eigenvalue weighted by atomic mass is 35.5. The topological polar surface area (TPSA) is 32.3 Å². The molecular weight excluding hydrogens is 356 g/mol. The first-order chi connectivity index (χ1) is 13.2. The van der Waals surface area contributed by atoms with Gasteiger partial charge in [-0.2, -0.15) is 0 Å². The molecule has 0 aliphatic carbocycles. The van der Waals surface area contributed by atoms with Crippen molar-refractivity contribution in [3.8, 4) is 0 Å².